The van der Waals surface area contributed by atoms with Gasteiger partial charge in [0, 0.05) is 0 Å². The summed E-state index contributed by atoms with van der Waals surface area (Å²) in [4.78, 5) is 23.7. The van der Waals surface area contributed by atoms with Gasteiger partial charge in [-0.1, -0.05) is 19.1 Å². The average Bonchev–Trinajstić information content (AvgIpc) is 2.32. The van der Waals surface area contributed by atoms with Crippen molar-refractivity contribution in [2.24, 2.45) is 16.7 Å². The summed E-state index contributed by atoms with van der Waals surface area (Å²) in [5.74, 6) is -1.87. The zero-order chi connectivity index (χ0) is 14.7. The molecule has 4 heteroatoms. The predicted molar refractivity (Wildman–Crippen MR) is 72.8 cm³/mol. The highest BCUT2D eigenvalue weighted by Crippen LogP contribution is 2.57. The van der Waals surface area contributed by atoms with Crippen LogP contribution in [0, 0.1) is 16.7 Å². The third kappa shape index (κ3) is 2.31. The third-order valence-corrected chi connectivity index (χ3v) is 4.48. The van der Waals surface area contributed by atoms with E-state index in [9.17, 15) is 19.8 Å². The summed E-state index contributed by atoms with van der Waals surface area (Å²) in [6.07, 6.45) is 4.86. The van der Waals surface area contributed by atoms with E-state index in [1.165, 1.54) is 12.2 Å². The van der Waals surface area contributed by atoms with Crippen LogP contribution >= 0.6 is 0 Å². The number of carboxylic acid groups (broad SMARTS) is 2. The van der Waals surface area contributed by atoms with Gasteiger partial charge in [0.05, 0.1) is 10.8 Å². The van der Waals surface area contributed by atoms with Gasteiger partial charge in [-0.05, 0) is 38.0 Å². The molecule has 3 unspecified atom stereocenters. The van der Waals surface area contributed by atoms with E-state index in [1.807, 2.05) is 6.92 Å². The van der Waals surface area contributed by atoms with Crippen molar-refractivity contribution >= 4 is 11.9 Å². The summed E-state index contributed by atoms with van der Waals surface area (Å²) in [7, 11) is 0. The predicted octanol–water partition coefficient (Wildman–Crippen LogP) is 3.10. The van der Waals surface area contributed by atoms with Crippen LogP contribution in [0.4, 0.5) is 0 Å². The smallest absolute Gasteiger partial charge is 0.311 e. The van der Waals surface area contributed by atoms with Gasteiger partial charge in [-0.2, -0.15) is 0 Å². The first-order chi connectivity index (χ1) is 8.86. The van der Waals surface area contributed by atoms with Crippen molar-refractivity contribution in [3.8, 4) is 0 Å². The molecule has 1 aliphatic rings. The number of aliphatic carboxylic acids is 2. The lowest BCUT2D eigenvalue weighted by atomic mass is 9.51. The number of rotatable bonds is 6. The lowest BCUT2D eigenvalue weighted by Crippen LogP contribution is -2.55. The quantitative estimate of drug-likeness (QED) is 0.724. The maximum Gasteiger partial charge on any atom is 0.311 e. The van der Waals surface area contributed by atoms with Crippen LogP contribution in [-0.2, 0) is 9.59 Å². The maximum atomic E-state index is 11.9. The Balaban J connectivity index is 3.44. The number of carboxylic acids is 2. The van der Waals surface area contributed by atoms with Crippen LogP contribution in [0.2, 0.25) is 0 Å². The topological polar surface area (TPSA) is 74.6 Å². The summed E-state index contributed by atoms with van der Waals surface area (Å²) in [6.45, 7) is 9.19. The lowest BCUT2D eigenvalue weighted by molar-refractivity contribution is -0.181. The second-order valence-electron chi connectivity index (χ2n) is 5.61. The van der Waals surface area contributed by atoms with Crippen LogP contribution < -0.4 is 0 Å². The molecule has 0 saturated heterocycles. The highest BCUT2D eigenvalue weighted by molar-refractivity contribution is 5.87. The summed E-state index contributed by atoms with van der Waals surface area (Å²) >= 11 is 0. The molecule has 2 N–H and O–H groups in total. The molecule has 0 aromatic carbocycles. The minimum absolute atomic E-state index is 0.173. The Labute approximate surface area is 113 Å². The van der Waals surface area contributed by atoms with Crippen LogP contribution in [0.1, 0.15) is 39.0 Å². The normalized spacial score (nSPS) is 34.5. The summed E-state index contributed by atoms with van der Waals surface area (Å²) < 4.78 is 0. The first-order valence-electron chi connectivity index (χ1n) is 6.55. The number of allylic oxidation sites excluding steroid dienone is 2. The molecule has 0 amide bonds. The van der Waals surface area contributed by atoms with Crippen molar-refractivity contribution in [3.05, 3.63) is 25.3 Å². The molecule has 0 aromatic rings. The standard InChI is InChI=1S/C15H22O4/c1-4-7-14(12(16)17)9-6-11(3)10-15(14,8-5-2)13(18)19/h4-5,11H,1-2,6-10H2,3H3,(H,16,17)(H,18,19). The fourth-order valence-corrected chi connectivity index (χ4v) is 3.47. The van der Waals surface area contributed by atoms with Crippen LogP contribution in [0.3, 0.4) is 0 Å². The minimum Gasteiger partial charge on any atom is -0.481 e. The van der Waals surface area contributed by atoms with Gasteiger partial charge in [0.1, 0.15) is 0 Å². The van der Waals surface area contributed by atoms with Gasteiger partial charge in [-0.25, -0.2) is 0 Å². The van der Waals surface area contributed by atoms with Gasteiger partial charge in [-0.3, -0.25) is 9.59 Å². The summed E-state index contributed by atoms with van der Waals surface area (Å²) in [5, 5.41) is 19.4. The monoisotopic (exact) mass is 266 g/mol. The largest absolute Gasteiger partial charge is 0.481 e. The average molecular weight is 266 g/mol. The van der Waals surface area contributed by atoms with E-state index < -0.39 is 22.8 Å². The molecule has 1 fully saturated rings. The molecule has 0 heterocycles. The SMILES string of the molecule is C=CCC1(C(=O)O)CCC(C)CC1(CC=C)C(=O)O. The molecular weight excluding hydrogens is 244 g/mol. The second-order valence-corrected chi connectivity index (χ2v) is 5.61. The molecular formula is C15H22O4. The van der Waals surface area contributed by atoms with E-state index in [0.29, 0.717) is 12.8 Å². The van der Waals surface area contributed by atoms with E-state index in [2.05, 4.69) is 13.2 Å². The van der Waals surface area contributed by atoms with Gasteiger partial charge in [0.2, 0.25) is 0 Å². The highest BCUT2D eigenvalue weighted by Gasteiger charge is 2.61. The molecule has 1 saturated carbocycles. The molecule has 4 nitrogen and oxygen atoms in total. The van der Waals surface area contributed by atoms with E-state index in [-0.39, 0.29) is 18.8 Å². The molecule has 0 spiro atoms. The van der Waals surface area contributed by atoms with Crippen molar-refractivity contribution in [1.29, 1.82) is 0 Å². The fraction of sp³-hybridized carbons (Fsp3) is 0.600. The first kappa shape index (κ1) is 15.5. The van der Waals surface area contributed by atoms with Crippen molar-refractivity contribution < 1.29 is 19.8 Å². The van der Waals surface area contributed by atoms with E-state index in [1.54, 1.807) is 0 Å². The Bertz CT molecular complexity index is 401. The van der Waals surface area contributed by atoms with Crippen LogP contribution in [0.15, 0.2) is 25.3 Å². The van der Waals surface area contributed by atoms with Gasteiger partial charge in [0.25, 0.3) is 0 Å². The van der Waals surface area contributed by atoms with Gasteiger partial charge >= 0.3 is 11.9 Å². The molecule has 106 valence electrons. The van der Waals surface area contributed by atoms with Crippen LogP contribution in [0.5, 0.6) is 0 Å². The molecule has 0 aliphatic heterocycles. The lowest BCUT2D eigenvalue weighted by Gasteiger charge is -2.49. The van der Waals surface area contributed by atoms with Gasteiger partial charge in [-0.15, -0.1) is 13.2 Å². The van der Waals surface area contributed by atoms with E-state index in [4.69, 9.17) is 0 Å². The van der Waals surface area contributed by atoms with Crippen molar-refractivity contribution in [2.75, 3.05) is 0 Å². The van der Waals surface area contributed by atoms with E-state index in [0.717, 1.165) is 6.42 Å². The first-order valence-corrected chi connectivity index (χ1v) is 6.55. The molecule has 3 atom stereocenters. The Kier molecular flexibility index (Phi) is 4.56. The minimum atomic E-state index is -1.29. The molecule has 0 bridgehead atoms. The molecule has 1 aliphatic carbocycles. The second kappa shape index (κ2) is 5.59. The Morgan fingerprint density at radius 2 is 1.63 bits per heavy atom. The molecule has 19 heavy (non-hydrogen) atoms. The van der Waals surface area contributed by atoms with Crippen LogP contribution in [0.25, 0.3) is 0 Å². The van der Waals surface area contributed by atoms with Crippen LogP contribution in [-0.4, -0.2) is 22.2 Å². The summed E-state index contributed by atoms with van der Waals surface area (Å²) in [6, 6.07) is 0. The van der Waals surface area contributed by atoms with Gasteiger partial charge < -0.3 is 10.2 Å². The molecule has 0 radical (unpaired) electrons. The molecule has 1 rings (SSSR count). The Morgan fingerprint density at radius 3 is 2.05 bits per heavy atom. The number of hydrogen-bond acceptors (Lipinski definition) is 2. The van der Waals surface area contributed by atoms with Gasteiger partial charge in [0.15, 0.2) is 0 Å². The van der Waals surface area contributed by atoms with Crippen molar-refractivity contribution in [1.82, 2.24) is 0 Å². The zero-order valence-electron chi connectivity index (χ0n) is 11.4. The molecule has 0 aromatic heterocycles. The third-order valence-electron chi connectivity index (χ3n) is 4.48. The van der Waals surface area contributed by atoms with E-state index >= 15 is 0 Å². The highest BCUT2D eigenvalue weighted by atomic mass is 16.4. The number of hydrogen-bond donors (Lipinski definition) is 2. The fourth-order valence-electron chi connectivity index (χ4n) is 3.47. The zero-order valence-corrected chi connectivity index (χ0v) is 11.4. The maximum absolute atomic E-state index is 11.9. The van der Waals surface area contributed by atoms with Crippen molar-refractivity contribution in [2.45, 2.75) is 39.0 Å². The summed E-state index contributed by atoms with van der Waals surface area (Å²) in [5.41, 5.74) is -2.56. The number of carbonyl (C=O) groups is 2. The van der Waals surface area contributed by atoms with Crippen molar-refractivity contribution in [3.63, 3.8) is 0 Å². The Hall–Kier alpha value is -1.58. The Morgan fingerprint density at radius 1 is 1.16 bits per heavy atom.